The zero-order valence-electron chi connectivity index (χ0n) is 20.4. The number of ether oxygens (including phenoxy) is 1. The van der Waals surface area contributed by atoms with Crippen LogP contribution in [0.15, 0.2) is 12.7 Å². The Hall–Kier alpha value is -0.450. The molecule has 0 aliphatic rings. The van der Waals surface area contributed by atoms with Crippen LogP contribution < -0.4 is 0 Å². The van der Waals surface area contributed by atoms with Crippen molar-refractivity contribution < 1.29 is 22.5 Å². The maximum atomic E-state index is 10.4. The third-order valence-corrected chi connectivity index (χ3v) is 6.76. The van der Waals surface area contributed by atoms with Gasteiger partial charge < -0.3 is 4.74 Å². The molecule has 1 N–H and O–H groups in total. The molecule has 31 heavy (non-hydrogen) atoms. The number of hydrogen-bond donors (Lipinski definition) is 1. The lowest BCUT2D eigenvalue weighted by Gasteiger charge is -2.35. The molecular formula is C24H49O5PS. The Kier molecular flexibility index (Phi) is 22.6. The molecule has 1 atom stereocenters. The predicted molar refractivity (Wildman–Crippen MR) is 136 cm³/mol. The normalized spacial score (nSPS) is 11.5. The monoisotopic (exact) mass is 480 g/mol. The van der Waals surface area contributed by atoms with Gasteiger partial charge in [-0.2, -0.15) is 8.42 Å². The van der Waals surface area contributed by atoms with Gasteiger partial charge in [-0.25, -0.2) is 4.79 Å². The minimum Gasteiger partial charge on any atom is -0.463 e. The third kappa shape index (κ3) is 22.5. The Bertz CT molecular complexity index is 512. The molecule has 186 valence electrons. The SMILES string of the molecule is C=CC(=O)OCCCS(=O)(=O)O.CCCCC(CCCC)(CCCC)CCCCCP. The molecule has 0 spiro atoms. The lowest BCUT2D eigenvalue weighted by atomic mass is 9.71. The second-order valence-corrected chi connectivity index (χ2v) is 10.6. The van der Waals surface area contributed by atoms with E-state index in [1.807, 2.05) is 0 Å². The summed E-state index contributed by atoms with van der Waals surface area (Å²) in [4.78, 5) is 10.4. The topological polar surface area (TPSA) is 80.7 Å². The Morgan fingerprint density at radius 1 is 0.903 bits per heavy atom. The molecule has 0 aliphatic carbocycles. The lowest BCUT2D eigenvalue weighted by molar-refractivity contribution is -0.137. The highest BCUT2D eigenvalue weighted by molar-refractivity contribution is 7.85. The van der Waals surface area contributed by atoms with E-state index in [0.717, 1.165) is 6.08 Å². The zero-order chi connectivity index (χ0) is 24.0. The summed E-state index contributed by atoms with van der Waals surface area (Å²) in [5.74, 6) is -1.01. The minimum atomic E-state index is -3.95. The fourth-order valence-corrected chi connectivity index (χ4v) is 4.47. The number of hydrogen-bond acceptors (Lipinski definition) is 4. The van der Waals surface area contributed by atoms with Crippen LogP contribution in [0.1, 0.15) is 111 Å². The molecule has 0 aromatic heterocycles. The average Bonchev–Trinajstić information content (AvgIpc) is 2.74. The van der Waals surface area contributed by atoms with Crippen LogP contribution in [0.4, 0.5) is 0 Å². The van der Waals surface area contributed by atoms with E-state index in [1.54, 1.807) is 0 Å². The van der Waals surface area contributed by atoms with Gasteiger partial charge in [-0.3, -0.25) is 4.55 Å². The quantitative estimate of drug-likeness (QED) is 0.0709. The van der Waals surface area contributed by atoms with Crippen molar-refractivity contribution in [2.45, 2.75) is 111 Å². The first-order valence-corrected chi connectivity index (χ1v) is 14.6. The van der Waals surface area contributed by atoms with Crippen LogP contribution in [0.25, 0.3) is 0 Å². The predicted octanol–water partition coefficient (Wildman–Crippen LogP) is 6.97. The molecule has 0 heterocycles. The van der Waals surface area contributed by atoms with Crippen molar-refractivity contribution in [3.05, 3.63) is 12.7 Å². The lowest BCUT2D eigenvalue weighted by Crippen LogP contribution is -2.21. The number of rotatable bonds is 19. The maximum Gasteiger partial charge on any atom is 0.330 e. The fraction of sp³-hybridized carbons (Fsp3) is 0.875. The van der Waals surface area contributed by atoms with Crippen LogP contribution in [0.3, 0.4) is 0 Å². The second kappa shape index (κ2) is 21.4. The number of esters is 1. The van der Waals surface area contributed by atoms with Crippen molar-refractivity contribution in [2.24, 2.45) is 5.41 Å². The number of carbonyl (C=O) groups is 1. The van der Waals surface area contributed by atoms with Gasteiger partial charge in [0.2, 0.25) is 0 Å². The molecule has 7 heteroatoms. The van der Waals surface area contributed by atoms with E-state index in [1.165, 1.54) is 89.6 Å². The van der Waals surface area contributed by atoms with Gasteiger partial charge in [0.05, 0.1) is 12.4 Å². The first kappa shape index (κ1) is 32.7. The standard InChI is InChI=1S/C18H39P.C6H10O5S/c1-4-7-13-18(14-8-5-2,15-9-6-3)16-11-10-12-17-19;1-2-6(7)11-4-3-5-12(8,9)10/h4-17,19H2,1-3H3;2H,1,3-5H2,(H,8,9,10). The highest BCUT2D eigenvalue weighted by Gasteiger charge is 2.27. The number of unbranched alkanes of at least 4 members (excludes halogenated alkanes) is 5. The smallest absolute Gasteiger partial charge is 0.330 e. The Morgan fingerprint density at radius 2 is 1.39 bits per heavy atom. The van der Waals surface area contributed by atoms with Crippen LogP contribution in [0, 0.1) is 5.41 Å². The third-order valence-electron chi connectivity index (χ3n) is 5.55. The Morgan fingerprint density at radius 3 is 1.77 bits per heavy atom. The van der Waals surface area contributed by atoms with E-state index in [9.17, 15) is 13.2 Å². The van der Waals surface area contributed by atoms with Crippen LogP contribution in [-0.4, -0.2) is 37.5 Å². The maximum absolute atomic E-state index is 10.4. The van der Waals surface area contributed by atoms with Crippen molar-refractivity contribution in [2.75, 3.05) is 18.5 Å². The van der Waals surface area contributed by atoms with Crippen LogP contribution in [0.2, 0.25) is 0 Å². The molecule has 0 aromatic rings. The van der Waals surface area contributed by atoms with Gasteiger partial charge in [0.15, 0.2) is 0 Å². The van der Waals surface area contributed by atoms with E-state index >= 15 is 0 Å². The van der Waals surface area contributed by atoms with Gasteiger partial charge in [-0.05, 0) is 50.1 Å². The Labute approximate surface area is 195 Å². The summed E-state index contributed by atoms with van der Waals surface area (Å²) in [6.45, 7) is 10.1. The fourth-order valence-electron chi connectivity index (χ4n) is 3.70. The Balaban J connectivity index is 0. The van der Waals surface area contributed by atoms with Crippen LogP contribution in [-0.2, 0) is 19.6 Å². The highest BCUT2D eigenvalue weighted by Crippen LogP contribution is 2.41. The van der Waals surface area contributed by atoms with E-state index in [-0.39, 0.29) is 13.0 Å². The van der Waals surface area contributed by atoms with Gasteiger partial charge in [0, 0.05) is 6.08 Å². The van der Waals surface area contributed by atoms with Gasteiger partial charge >= 0.3 is 5.97 Å². The summed E-state index contributed by atoms with van der Waals surface area (Å²) in [5, 5.41) is 0. The molecule has 0 aromatic carbocycles. The van der Waals surface area contributed by atoms with Crippen molar-refractivity contribution in [3.63, 3.8) is 0 Å². The summed E-state index contributed by atoms with van der Waals surface area (Å²) >= 11 is 0. The molecule has 0 fully saturated rings. The molecule has 0 radical (unpaired) electrons. The molecule has 0 rings (SSSR count). The van der Waals surface area contributed by atoms with Crippen molar-refractivity contribution in [3.8, 4) is 0 Å². The second-order valence-electron chi connectivity index (χ2n) is 8.42. The van der Waals surface area contributed by atoms with Crippen LogP contribution >= 0.6 is 9.24 Å². The molecule has 0 saturated heterocycles. The molecule has 5 nitrogen and oxygen atoms in total. The summed E-state index contributed by atoms with van der Waals surface area (Å²) in [7, 11) is -1.08. The average molecular weight is 481 g/mol. The van der Waals surface area contributed by atoms with E-state index in [4.69, 9.17) is 4.55 Å². The minimum absolute atomic E-state index is 0.0371. The van der Waals surface area contributed by atoms with Crippen molar-refractivity contribution in [1.82, 2.24) is 0 Å². The number of carbonyl (C=O) groups excluding carboxylic acids is 1. The van der Waals surface area contributed by atoms with E-state index < -0.39 is 21.8 Å². The van der Waals surface area contributed by atoms with Gasteiger partial charge in [-0.15, -0.1) is 9.24 Å². The molecule has 0 bridgehead atoms. The van der Waals surface area contributed by atoms with Gasteiger partial charge in [-0.1, -0.05) is 78.7 Å². The van der Waals surface area contributed by atoms with E-state index in [0.29, 0.717) is 5.41 Å². The molecule has 1 unspecified atom stereocenters. The highest BCUT2D eigenvalue weighted by atomic mass is 32.2. The van der Waals surface area contributed by atoms with Crippen molar-refractivity contribution >= 4 is 25.3 Å². The summed E-state index contributed by atoms with van der Waals surface area (Å²) in [6.07, 6.45) is 21.0. The first-order valence-electron chi connectivity index (χ1n) is 12.1. The molecule has 0 aliphatic heterocycles. The van der Waals surface area contributed by atoms with Crippen molar-refractivity contribution in [1.29, 1.82) is 0 Å². The summed E-state index contributed by atoms with van der Waals surface area (Å²) in [6, 6.07) is 0. The van der Waals surface area contributed by atoms with Gasteiger partial charge in [0.25, 0.3) is 10.1 Å². The summed E-state index contributed by atoms with van der Waals surface area (Å²) < 4.78 is 33.0. The zero-order valence-corrected chi connectivity index (χ0v) is 22.3. The molecular weight excluding hydrogens is 431 g/mol. The molecule has 0 saturated carbocycles. The first-order chi connectivity index (χ1) is 14.7. The van der Waals surface area contributed by atoms with E-state index in [2.05, 4.69) is 41.3 Å². The molecule has 0 amide bonds. The van der Waals surface area contributed by atoms with Crippen LogP contribution in [0.5, 0.6) is 0 Å². The summed E-state index contributed by atoms with van der Waals surface area (Å²) in [5.41, 5.74) is 0.697. The van der Waals surface area contributed by atoms with Gasteiger partial charge in [0.1, 0.15) is 0 Å². The largest absolute Gasteiger partial charge is 0.463 e.